The molecular formula is C21H36IN5S. The van der Waals surface area contributed by atoms with Crippen LogP contribution in [0.4, 0.5) is 5.82 Å². The molecule has 158 valence electrons. The monoisotopic (exact) mass is 517 g/mol. The van der Waals surface area contributed by atoms with Crippen molar-refractivity contribution >= 4 is 47.5 Å². The van der Waals surface area contributed by atoms with Gasteiger partial charge in [0.2, 0.25) is 0 Å². The van der Waals surface area contributed by atoms with E-state index in [-0.39, 0.29) is 24.0 Å². The quantitative estimate of drug-likeness (QED) is 0.333. The molecule has 0 bridgehead atoms. The highest BCUT2D eigenvalue weighted by Crippen LogP contribution is 2.28. The topological polar surface area (TPSA) is 52.6 Å². The molecule has 2 unspecified atom stereocenters. The van der Waals surface area contributed by atoms with Crippen LogP contribution in [-0.4, -0.2) is 48.1 Å². The van der Waals surface area contributed by atoms with Crippen molar-refractivity contribution in [2.75, 3.05) is 30.8 Å². The van der Waals surface area contributed by atoms with Gasteiger partial charge < -0.3 is 15.5 Å². The third-order valence-electron chi connectivity index (χ3n) is 5.56. The van der Waals surface area contributed by atoms with E-state index in [2.05, 4.69) is 40.8 Å². The first kappa shape index (κ1) is 23.6. The summed E-state index contributed by atoms with van der Waals surface area (Å²) in [6, 6.07) is 4.89. The average Bonchev–Trinajstić information content (AvgIpc) is 2.97. The normalized spacial score (nSPS) is 23.1. The second-order valence-corrected chi connectivity index (χ2v) is 8.77. The van der Waals surface area contributed by atoms with Crippen molar-refractivity contribution in [3.05, 3.63) is 23.9 Å². The smallest absolute Gasteiger partial charge is 0.191 e. The molecular weight excluding hydrogens is 481 g/mol. The molecule has 2 atom stereocenters. The van der Waals surface area contributed by atoms with Crippen LogP contribution < -0.4 is 15.5 Å². The molecule has 1 aliphatic heterocycles. The van der Waals surface area contributed by atoms with Gasteiger partial charge in [-0.2, -0.15) is 11.8 Å². The van der Waals surface area contributed by atoms with Gasteiger partial charge in [-0.3, -0.25) is 0 Å². The number of anilines is 1. The first-order valence-electron chi connectivity index (χ1n) is 10.6. The standard InChI is InChI=1S/C21H35N5S.HI/c1-3-22-21(25-18-9-10-19(14-18)27-2)24-16-17-8-11-20(23-15-17)26-12-6-4-5-7-13-26;/h8,11,15,18-19H,3-7,9-10,12-14,16H2,1-2H3,(H2,22,24,25);1H. The Morgan fingerprint density at radius 3 is 2.61 bits per heavy atom. The maximum atomic E-state index is 4.79. The van der Waals surface area contributed by atoms with Gasteiger partial charge >= 0.3 is 0 Å². The van der Waals surface area contributed by atoms with Crippen LogP contribution in [-0.2, 0) is 6.54 Å². The lowest BCUT2D eigenvalue weighted by atomic mass is 10.2. The summed E-state index contributed by atoms with van der Waals surface area (Å²) in [6.45, 7) is 5.95. The largest absolute Gasteiger partial charge is 0.357 e. The van der Waals surface area contributed by atoms with Crippen molar-refractivity contribution in [3.8, 4) is 0 Å². The zero-order chi connectivity index (χ0) is 18.9. The summed E-state index contributed by atoms with van der Waals surface area (Å²) < 4.78 is 0. The van der Waals surface area contributed by atoms with Crippen molar-refractivity contribution in [2.24, 2.45) is 4.99 Å². The van der Waals surface area contributed by atoms with E-state index in [1.165, 1.54) is 50.5 Å². The minimum absolute atomic E-state index is 0. The lowest BCUT2D eigenvalue weighted by molar-refractivity contribution is 0.615. The minimum atomic E-state index is 0. The van der Waals surface area contributed by atoms with E-state index < -0.39 is 0 Å². The van der Waals surface area contributed by atoms with Gasteiger partial charge in [0, 0.05) is 37.1 Å². The molecule has 1 aliphatic carbocycles. The van der Waals surface area contributed by atoms with Gasteiger partial charge in [-0.15, -0.1) is 24.0 Å². The Morgan fingerprint density at radius 2 is 2.00 bits per heavy atom. The van der Waals surface area contributed by atoms with E-state index in [0.29, 0.717) is 12.6 Å². The van der Waals surface area contributed by atoms with Gasteiger partial charge in [-0.25, -0.2) is 9.98 Å². The van der Waals surface area contributed by atoms with E-state index in [0.717, 1.165) is 36.7 Å². The van der Waals surface area contributed by atoms with E-state index in [4.69, 9.17) is 9.98 Å². The number of aliphatic imine (C=N–C) groups is 1. The number of pyridine rings is 1. The number of rotatable bonds is 6. The Bertz CT molecular complexity index is 587. The Balaban J connectivity index is 0.00000280. The first-order chi connectivity index (χ1) is 13.3. The fourth-order valence-electron chi connectivity index (χ4n) is 3.97. The maximum Gasteiger partial charge on any atom is 0.191 e. The summed E-state index contributed by atoms with van der Waals surface area (Å²) >= 11 is 1.99. The summed E-state index contributed by atoms with van der Waals surface area (Å²) in [6.07, 6.45) is 13.2. The van der Waals surface area contributed by atoms with E-state index in [9.17, 15) is 0 Å². The lowest BCUT2D eigenvalue weighted by Crippen LogP contribution is -2.42. The number of nitrogens with one attached hydrogen (secondary N) is 2. The number of halogens is 1. The van der Waals surface area contributed by atoms with Crippen molar-refractivity contribution in [2.45, 2.75) is 69.7 Å². The predicted octanol–water partition coefficient (Wildman–Crippen LogP) is 4.42. The second kappa shape index (κ2) is 12.8. The number of hydrogen-bond acceptors (Lipinski definition) is 4. The Kier molecular flexibility index (Phi) is 10.8. The third kappa shape index (κ3) is 7.28. The number of aromatic nitrogens is 1. The maximum absolute atomic E-state index is 4.79. The Labute approximate surface area is 192 Å². The van der Waals surface area contributed by atoms with Gasteiger partial charge in [0.15, 0.2) is 5.96 Å². The average molecular weight is 518 g/mol. The van der Waals surface area contributed by atoms with Gasteiger partial charge in [-0.1, -0.05) is 18.9 Å². The number of thioether (sulfide) groups is 1. The van der Waals surface area contributed by atoms with Crippen molar-refractivity contribution < 1.29 is 0 Å². The summed E-state index contributed by atoms with van der Waals surface area (Å²) in [5.41, 5.74) is 1.17. The molecule has 2 heterocycles. The SMILES string of the molecule is CCNC(=NCc1ccc(N2CCCCCC2)nc1)NC1CCC(SC)C1.I. The lowest BCUT2D eigenvalue weighted by Gasteiger charge is -2.21. The number of hydrogen-bond donors (Lipinski definition) is 2. The molecule has 7 heteroatoms. The highest BCUT2D eigenvalue weighted by molar-refractivity contribution is 14.0. The summed E-state index contributed by atoms with van der Waals surface area (Å²) in [5, 5.41) is 7.80. The molecule has 2 fully saturated rings. The van der Waals surface area contributed by atoms with Gasteiger partial charge in [-0.05, 0) is 56.9 Å². The zero-order valence-electron chi connectivity index (χ0n) is 17.3. The highest BCUT2D eigenvalue weighted by Gasteiger charge is 2.24. The minimum Gasteiger partial charge on any atom is -0.357 e. The van der Waals surface area contributed by atoms with E-state index in [1.54, 1.807) is 0 Å². The summed E-state index contributed by atoms with van der Waals surface area (Å²) in [4.78, 5) is 11.9. The van der Waals surface area contributed by atoms with Crippen LogP contribution in [0.2, 0.25) is 0 Å². The molecule has 1 aromatic rings. The predicted molar refractivity (Wildman–Crippen MR) is 133 cm³/mol. The van der Waals surface area contributed by atoms with Gasteiger partial charge in [0.05, 0.1) is 6.54 Å². The summed E-state index contributed by atoms with van der Waals surface area (Å²) in [7, 11) is 0. The van der Waals surface area contributed by atoms with Crippen LogP contribution in [0.25, 0.3) is 0 Å². The van der Waals surface area contributed by atoms with Crippen LogP contribution in [0.5, 0.6) is 0 Å². The molecule has 1 saturated carbocycles. The molecule has 0 radical (unpaired) electrons. The Morgan fingerprint density at radius 1 is 1.21 bits per heavy atom. The van der Waals surface area contributed by atoms with Gasteiger partial charge in [0.1, 0.15) is 5.82 Å². The fraction of sp³-hybridized carbons (Fsp3) is 0.714. The summed E-state index contributed by atoms with van der Waals surface area (Å²) in [5.74, 6) is 2.05. The van der Waals surface area contributed by atoms with E-state index in [1.807, 2.05) is 18.0 Å². The van der Waals surface area contributed by atoms with Gasteiger partial charge in [0.25, 0.3) is 0 Å². The molecule has 1 saturated heterocycles. The number of nitrogens with zero attached hydrogens (tertiary/aromatic N) is 3. The molecule has 0 spiro atoms. The van der Waals surface area contributed by atoms with Crippen LogP contribution in [0.3, 0.4) is 0 Å². The highest BCUT2D eigenvalue weighted by atomic mass is 127. The van der Waals surface area contributed by atoms with Crippen molar-refractivity contribution in [1.29, 1.82) is 0 Å². The van der Waals surface area contributed by atoms with Crippen molar-refractivity contribution in [1.82, 2.24) is 15.6 Å². The molecule has 28 heavy (non-hydrogen) atoms. The second-order valence-electron chi connectivity index (χ2n) is 7.63. The van der Waals surface area contributed by atoms with Crippen LogP contribution in [0.15, 0.2) is 23.3 Å². The molecule has 3 rings (SSSR count). The van der Waals surface area contributed by atoms with E-state index >= 15 is 0 Å². The number of guanidine groups is 1. The third-order valence-corrected chi connectivity index (χ3v) is 6.66. The molecule has 2 aliphatic rings. The molecule has 2 N–H and O–H groups in total. The van der Waals surface area contributed by atoms with Crippen LogP contribution in [0.1, 0.15) is 57.4 Å². The fourth-order valence-corrected chi connectivity index (χ4v) is 4.76. The zero-order valence-corrected chi connectivity index (χ0v) is 20.5. The van der Waals surface area contributed by atoms with Crippen LogP contribution in [0, 0.1) is 0 Å². The molecule has 5 nitrogen and oxygen atoms in total. The van der Waals surface area contributed by atoms with Crippen LogP contribution >= 0.6 is 35.7 Å². The molecule has 1 aromatic heterocycles. The molecule has 0 amide bonds. The first-order valence-corrected chi connectivity index (χ1v) is 11.8. The van der Waals surface area contributed by atoms with Crippen molar-refractivity contribution in [3.63, 3.8) is 0 Å². The Hall–Kier alpha value is -0.700. The molecule has 0 aromatic carbocycles.